The van der Waals surface area contributed by atoms with Crippen LogP contribution in [-0.2, 0) is 4.74 Å². The maximum absolute atomic E-state index is 5.64. The van der Waals surface area contributed by atoms with Crippen LogP contribution in [-0.4, -0.2) is 31.4 Å². The van der Waals surface area contributed by atoms with E-state index in [2.05, 4.69) is 20.3 Å². The van der Waals surface area contributed by atoms with E-state index in [4.69, 9.17) is 10.5 Å². The Morgan fingerprint density at radius 2 is 2.37 bits per heavy atom. The predicted octanol–water partition coefficient (Wildman–Crippen LogP) is 1.74. The van der Waals surface area contributed by atoms with Crippen molar-refractivity contribution in [2.45, 2.75) is 18.9 Å². The number of rotatable bonds is 2. The van der Waals surface area contributed by atoms with Crippen LogP contribution in [0.2, 0.25) is 0 Å². The number of anilines is 1. The van der Waals surface area contributed by atoms with E-state index in [1.165, 1.54) is 22.7 Å². The minimum atomic E-state index is 0.00505. The van der Waals surface area contributed by atoms with Crippen LogP contribution >= 0.6 is 22.7 Å². The van der Waals surface area contributed by atoms with E-state index in [0.29, 0.717) is 5.13 Å². The molecule has 0 amide bonds. The molecule has 9 heteroatoms. The molecule has 1 fully saturated rings. The van der Waals surface area contributed by atoms with Crippen molar-refractivity contribution in [1.29, 1.82) is 0 Å². The van der Waals surface area contributed by atoms with Gasteiger partial charge in [-0.3, -0.25) is 0 Å². The Labute approximate surface area is 116 Å². The van der Waals surface area contributed by atoms with Gasteiger partial charge in [0, 0.05) is 12.0 Å². The molecule has 3 aromatic rings. The third-order valence-corrected chi connectivity index (χ3v) is 4.57. The van der Waals surface area contributed by atoms with Gasteiger partial charge in [0.05, 0.1) is 0 Å². The zero-order chi connectivity index (χ0) is 12.8. The molecule has 4 heterocycles. The zero-order valence-corrected chi connectivity index (χ0v) is 11.4. The molecule has 4 rings (SSSR count). The van der Waals surface area contributed by atoms with Crippen molar-refractivity contribution in [2.24, 2.45) is 0 Å². The van der Waals surface area contributed by atoms with Gasteiger partial charge < -0.3 is 10.5 Å². The highest BCUT2D eigenvalue weighted by Gasteiger charge is 2.25. The summed E-state index contributed by atoms with van der Waals surface area (Å²) < 4.78 is 7.39. The molecule has 1 atom stereocenters. The first kappa shape index (κ1) is 11.3. The van der Waals surface area contributed by atoms with Crippen LogP contribution in [0.5, 0.6) is 0 Å². The molecule has 0 spiro atoms. The number of nitrogens with zero attached hydrogens (tertiary/aromatic N) is 5. The monoisotopic (exact) mass is 294 g/mol. The molecule has 98 valence electrons. The lowest BCUT2D eigenvalue weighted by Gasteiger charge is -2.03. The van der Waals surface area contributed by atoms with Crippen LogP contribution < -0.4 is 5.73 Å². The molecule has 1 aliphatic heterocycles. The Hall–Kier alpha value is -1.58. The molecule has 1 saturated heterocycles. The number of hydrogen-bond donors (Lipinski definition) is 1. The average Bonchev–Trinajstić information content (AvgIpc) is 3.11. The van der Waals surface area contributed by atoms with Gasteiger partial charge >= 0.3 is 0 Å². The third-order valence-electron chi connectivity index (χ3n) is 2.97. The molecule has 19 heavy (non-hydrogen) atoms. The van der Waals surface area contributed by atoms with E-state index in [-0.39, 0.29) is 6.10 Å². The molecular weight excluding hydrogens is 284 g/mol. The first-order chi connectivity index (χ1) is 9.31. The zero-order valence-electron chi connectivity index (χ0n) is 9.81. The Kier molecular flexibility index (Phi) is 2.50. The Morgan fingerprint density at radius 3 is 3.11 bits per heavy atom. The lowest BCUT2D eigenvalue weighted by Crippen LogP contribution is -2.03. The van der Waals surface area contributed by atoms with Crippen LogP contribution in [0, 0.1) is 0 Å². The standard InChI is InChI=1S/C10H10N6OS2/c11-9-12-5(4-18-9)8-15-16-7(6-2-1-3-17-6)13-14-10(16)19-8/h4,6H,1-3H2,(H2,11,12). The normalized spacial score (nSPS) is 19.5. The van der Waals surface area contributed by atoms with Crippen LogP contribution in [0.25, 0.3) is 15.7 Å². The highest BCUT2D eigenvalue weighted by atomic mass is 32.1. The molecule has 1 unspecified atom stereocenters. The smallest absolute Gasteiger partial charge is 0.235 e. The largest absolute Gasteiger partial charge is 0.375 e. The van der Waals surface area contributed by atoms with E-state index in [9.17, 15) is 0 Å². The lowest BCUT2D eigenvalue weighted by molar-refractivity contribution is 0.103. The van der Waals surface area contributed by atoms with Crippen LogP contribution in [0.1, 0.15) is 24.8 Å². The van der Waals surface area contributed by atoms with Crippen molar-refractivity contribution in [2.75, 3.05) is 12.3 Å². The fourth-order valence-corrected chi connectivity index (χ4v) is 3.53. The van der Waals surface area contributed by atoms with Crippen molar-refractivity contribution in [3.05, 3.63) is 11.2 Å². The number of nitrogens with two attached hydrogens (primary N) is 1. The summed E-state index contributed by atoms with van der Waals surface area (Å²) in [5.74, 6) is 0.776. The van der Waals surface area contributed by atoms with Crippen LogP contribution in [0.3, 0.4) is 0 Å². The van der Waals surface area contributed by atoms with Gasteiger partial charge in [-0.1, -0.05) is 11.3 Å². The molecule has 0 saturated carbocycles. The summed E-state index contributed by atoms with van der Waals surface area (Å²) in [6.07, 6.45) is 2.03. The van der Waals surface area contributed by atoms with Gasteiger partial charge in [0.1, 0.15) is 11.8 Å². The number of thiazole rings is 1. The minimum Gasteiger partial charge on any atom is -0.375 e. The van der Waals surface area contributed by atoms with Gasteiger partial charge in [-0.25, -0.2) is 4.98 Å². The van der Waals surface area contributed by atoms with Gasteiger partial charge in [-0.05, 0) is 12.8 Å². The first-order valence-electron chi connectivity index (χ1n) is 5.86. The maximum Gasteiger partial charge on any atom is 0.235 e. The molecule has 3 aromatic heterocycles. The second-order valence-electron chi connectivity index (χ2n) is 4.23. The summed E-state index contributed by atoms with van der Waals surface area (Å²) >= 11 is 2.86. The molecule has 0 aliphatic carbocycles. The van der Waals surface area contributed by atoms with Crippen molar-refractivity contribution in [3.8, 4) is 10.7 Å². The van der Waals surface area contributed by atoms with Crippen molar-refractivity contribution in [1.82, 2.24) is 24.8 Å². The Morgan fingerprint density at radius 1 is 1.42 bits per heavy atom. The first-order valence-corrected chi connectivity index (χ1v) is 7.56. The van der Waals surface area contributed by atoms with Crippen molar-refractivity contribution < 1.29 is 4.74 Å². The third kappa shape index (κ3) is 1.81. The highest BCUT2D eigenvalue weighted by molar-refractivity contribution is 7.20. The molecule has 2 N–H and O–H groups in total. The number of hydrogen-bond acceptors (Lipinski definition) is 8. The van der Waals surface area contributed by atoms with Gasteiger partial charge in [0.25, 0.3) is 0 Å². The van der Waals surface area contributed by atoms with Gasteiger partial charge in [0.15, 0.2) is 16.0 Å². The van der Waals surface area contributed by atoms with Gasteiger partial charge in [0.2, 0.25) is 4.96 Å². The van der Waals surface area contributed by atoms with Crippen LogP contribution in [0.15, 0.2) is 5.38 Å². The predicted molar refractivity (Wildman–Crippen MR) is 72.1 cm³/mol. The summed E-state index contributed by atoms with van der Waals surface area (Å²) in [6.45, 7) is 0.777. The average molecular weight is 294 g/mol. The second-order valence-corrected chi connectivity index (χ2v) is 6.08. The second kappa shape index (κ2) is 4.22. The Balaban J connectivity index is 1.79. The Bertz CT molecular complexity index is 725. The van der Waals surface area contributed by atoms with E-state index < -0.39 is 0 Å². The highest BCUT2D eigenvalue weighted by Crippen LogP contribution is 2.31. The fraction of sp³-hybridized carbons (Fsp3) is 0.400. The van der Waals surface area contributed by atoms with Crippen molar-refractivity contribution >= 4 is 32.8 Å². The molecular formula is C10H10N6OS2. The molecule has 0 aromatic carbocycles. The summed E-state index contributed by atoms with van der Waals surface area (Å²) in [6, 6.07) is 0. The molecule has 0 bridgehead atoms. The number of aromatic nitrogens is 5. The minimum absolute atomic E-state index is 0.00505. The van der Waals surface area contributed by atoms with E-state index >= 15 is 0 Å². The van der Waals surface area contributed by atoms with Crippen LogP contribution in [0.4, 0.5) is 5.13 Å². The quantitative estimate of drug-likeness (QED) is 0.774. The van der Waals surface area contributed by atoms with E-state index in [1.54, 1.807) is 4.52 Å². The summed E-state index contributed by atoms with van der Waals surface area (Å²) in [4.78, 5) is 4.99. The number of nitrogen functional groups attached to an aromatic ring is 1. The lowest BCUT2D eigenvalue weighted by atomic mass is 10.2. The van der Waals surface area contributed by atoms with E-state index in [0.717, 1.165) is 40.9 Å². The SMILES string of the molecule is Nc1nc(-c2nn3c(C4CCCO4)nnc3s2)cs1. The molecule has 0 radical (unpaired) electrons. The van der Waals surface area contributed by atoms with E-state index in [1.807, 2.05) is 5.38 Å². The van der Waals surface area contributed by atoms with Gasteiger partial charge in [-0.15, -0.1) is 21.5 Å². The van der Waals surface area contributed by atoms with Gasteiger partial charge in [-0.2, -0.15) is 9.61 Å². The topological polar surface area (TPSA) is 91.2 Å². The number of ether oxygens (including phenoxy) is 1. The fourth-order valence-electron chi connectivity index (χ4n) is 2.10. The summed E-state index contributed by atoms with van der Waals surface area (Å²) in [7, 11) is 0. The summed E-state index contributed by atoms with van der Waals surface area (Å²) in [5, 5.41) is 16.1. The maximum atomic E-state index is 5.64. The molecule has 1 aliphatic rings. The van der Waals surface area contributed by atoms with Crippen molar-refractivity contribution in [3.63, 3.8) is 0 Å². The number of fused-ring (bicyclic) bond motifs is 1. The summed E-state index contributed by atoms with van der Waals surface area (Å²) in [5.41, 5.74) is 6.43. The molecule has 7 nitrogen and oxygen atoms in total.